The largest absolute Gasteiger partial charge is 0.348 e. The van der Waals surface area contributed by atoms with Crippen LogP contribution < -0.4 is 11.1 Å². The van der Waals surface area contributed by atoms with Gasteiger partial charge in [0.2, 0.25) is 5.91 Å². The summed E-state index contributed by atoms with van der Waals surface area (Å²) >= 11 is 7.76. The number of nitrogens with one attached hydrogen (secondary N) is 1. The Hall–Kier alpha value is -0.710. The summed E-state index contributed by atoms with van der Waals surface area (Å²) in [4.78, 5) is 11.9. The Labute approximate surface area is 117 Å². The van der Waals surface area contributed by atoms with Crippen molar-refractivity contribution in [1.29, 1.82) is 0 Å². The van der Waals surface area contributed by atoms with Gasteiger partial charge in [0.25, 0.3) is 0 Å². The van der Waals surface area contributed by atoms with Crippen LogP contribution in [-0.4, -0.2) is 24.0 Å². The fourth-order valence-electron chi connectivity index (χ4n) is 1.60. The second-order valence-electron chi connectivity index (χ2n) is 4.14. The fourth-order valence-corrected chi connectivity index (χ4v) is 2.39. The van der Waals surface area contributed by atoms with Gasteiger partial charge in [0.05, 0.1) is 12.1 Å². The summed E-state index contributed by atoms with van der Waals surface area (Å²) in [6, 6.07) is 6.89. The minimum Gasteiger partial charge on any atom is -0.348 e. The molecule has 0 aliphatic rings. The highest BCUT2D eigenvalue weighted by atomic mass is 35.5. The van der Waals surface area contributed by atoms with Gasteiger partial charge in [-0.3, -0.25) is 4.79 Å². The molecule has 100 valence electrons. The first-order valence-corrected chi connectivity index (χ1v) is 7.62. The maximum Gasteiger partial charge on any atom is 0.237 e. The monoisotopic (exact) mass is 286 g/mol. The van der Waals surface area contributed by atoms with Crippen molar-refractivity contribution in [3.05, 3.63) is 34.9 Å². The third kappa shape index (κ3) is 4.52. The molecule has 1 amide bonds. The van der Waals surface area contributed by atoms with Crippen molar-refractivity contribution in [1.82, 2.24) is 5.32 Å². The lowest BCUT2D eigenvalue weighted by atomic mass is 10.1. The molecule has 0 bridgehead atoms. The van der Waals surface area contributed by atoms with Gasteiger partial charge in [-0.15, -0.1) is 0 Å². The standard InChI is InChI=1S/C13H19ClN2OS/c1-9(10-5-3-4-6-11(10)14)16-13(17)12(15)7-8-18-2/h3-6,9,12H,7-8,15H2,1-2H3,(H,16,17)/t9?,12-/m1/s1. The van der Waals surface area contributed by atoms with Crippen LogP contribution in [-0.2, 0) is 4.79 Å². The minimum atomic E-state index is -0.456. The van der Waals surface area contributed by atoms with E-state index in [1.165, 1.54) is 0 Å². The smallest absolute Gasteiger partial charge is 0.237 e. The van der Waals surface area contributed by atoms with E-state index in [1.54, 1.807) is 11.8 Å². The second kappa shape index (κ2) is 7.67. The molecule has 0 saturated heterocycles. The zero-order valence-electron chi connectivity index (χ0n) is 10.7. The predicted molar refractivity (Wildman–Crippen MR) is 79.0 cm³/mol. The fraction of sp³-hybridized carbons (Fsp3) is 0.462. The molecule has 1 aromatic rings. The molecule has 5 heteroatoms. The summed E-state index contributed by atoms with van der Waals surface area (Å²) in [6.07, 6.45) is 2.68. The maximum absolute atomic E-state index is 11.9. The number of amides is 1. The number of halogens is 1. The molecule has 0 saturated carbocycles. The van der Waals surface area contributed by atoms with E-state index in [0.717, 1.165) is 11.3 Å². The Morgan fingerprint density at radius 3 is 2.78 bits per heavy atom. The van der Waals surface area contributed by atoms with Gasteiger partial charge in [0.15, 0.2) is 0 Å². The number of hydrogen-bond acceptors (Lipinski definition) is 3. The van der Waals surface area contributed by atoms with Crippen LogP contribution in [0.25, 0.3) is 0 Å². The Morgan fingerprint density at radius 2 is 2.17 bits per heavy atom. The van der Waals surface area contributed by atoms with Gasteiger partial charge in [-0.1, -0.05) is 29.8 Å². The van der Waals surface area contributed by atoms with Crippen molar-refractivity contribution in [3.8, 4) is 0 Å². The van der Waals surface area contributed by atoms with Gasteiger partial charge in [-0.05, 0) is 37.0 Å². The molecule has 1 aromatic carbocycles. The zero-order chi connectivity index (χ0) is 13.5. The second-order valence-corrected chi connectivity index (χ2v) is 5.53. The molecule has 0 aliphatic heterocycles. The van der Waals surface area contributed by atoms with E-state index in [-0.39, 0.29) is 11.9 Å². The molecule has 0 spiro atoms. The molecule has 18 heavy (non-hydrogen) atoms. The highest BCUT2D eigenvalue weighted by molar-refractivity contribution is 7.98. The van der Waals surface area contributed by atoms with Crippen molar-refractivity contribution in [2.75, 3.05) is 12.0 Å². The van der Waals surface area contributed by atoms with Gasteiger partial charge in [0, 0.05) is 5.02 Å². The van der Waals surface area contributed by atoms with Crippen molar-refractivity contribution in [2.45, 2.75) is 25.4 Å². The number of rotatable bonds is 6. The first-order chi connectivity index (χ1) is 8.56. The number of carbonyl (C=O) groups excluding carboxylic acids is 1. The van der Waals surface area contributed by atoms with Crippen LogP contribution in [0, 0.1) is 0 Å². The van der Waals surface area contributed by atoms with E-state index in [1.807, 2.05) is 37.4 Å². The lowest BCUT2D eigenvalue weighted by molar-refractivity contribution is -0.123. The zero-order valence-corrected chi connectivity index (χ0v) is 12.2. The van der Waals surface area contributed by atoms with Gasteiger partial charge < -0.3 is 11.1 Å². The van der Waals surface area contributed by atoms with E-state index < -0.39 is 6.04 Å². The maximum atomic E-state index is 11.9. The summed E-state index contributed by atoms with van der Waals surface area (Å²) in [6.45, 7) is 1.90. The first-order valence-electron chi connectivity index (χ1n) is 5.85. The molecule has 2 atom stereocenters. The van der Waals surface area contributed by atoms with Crippen molar-refractivity contribution < 1.29 is 4.79 Å². The van der Waals surface area contributed by atoms with Gasteiger partial charge in [0.1, 0.15) is 0 Å². The van der Waals surface area contributed by atoms with E-state index in [2.05, 4.69) is 5.32 Å². The molecule has 1 unspecified atom stereocenters. The minimum absolute atomic E-state index is 0.128. The Balaban J connectivity index is 2.57. The molecule has 3 N–H and O–H groups in total. The molecular weight excluding hydrogens is 268 g/mol. The summed E-state index contributed by atoms with van der Waals surface area (Å²) in [5, 5.41) is 3.54. The molecule has 0 heterocycles. The third-order valence-electron chi connectivity index (χ3n) is 2.70. The highest BCUT2D eigenvalue weighted by Gasteiger charge is 2.17. The Kier molecular flexibility index (Phi) is 6.54. The number of thioether (sulfide) groups is 1. The Morgan fingerprint density at radius 1 is 1.50 bits per heavy atom. The molecule has 3 nitrogen and oxygen atoms in total. The first kappa shape index (κ1) is 15.3. The van der Waals surface area contributed by atoms with E-state index in [9.17, 15) is 4.79 Å². The Bertz CT molecular complexity index is 400. The van der Waals surface area contributed by atoms with Gasteiger partial charge >= 0.3 is 0 Å². The summed E-state index contributed by atoms with van der Waals surface area (Å²) in [7, 11) is 0. The predicted octanol–water partition coefficient (Wildman–Crippen LogP) is 2.60. The van der Waals surface area contributed by atoms with E-state index >= 15 is 0 Å². The van der Waals surface area contributed by atoms with Crippen LogP contribution in [0.5, 0.6) is 0 Å². The summed E-state index contributed by atoms with van der Waals surface area (Å²) in [5.74, 6) is 0.756. The lowest BCUT2D eigenvalue weighted by Crippen LogP contribution is -2.42. The number of carbonyl (C=O) groups is 1. The SMILES string of the molecule is CSCC[C@@H](N)C(=O)NC(C)c1ccccc1Cl. The van der Waals surface area contributed by atoms with Crippen LogP contribution in [0.3, 0.4) is 0 Å². The van der Waals surface area contributed by atoms with E-state index in [0.29, 0.717) is 11.4 Å². The molecule has 0 fully saturated rings. The van der Waals surface area contributed by atoms with E-state index in [4.69, 9.17) is 17.3 Å². The lowest BCUT2D eigenvalue weighted by Gasteiger charge is -2.18. The normalized spacial score (nSPS) is 14.0. The highest BCUT2D eigenvalue weighted by Crippen LogP contribution is 2.22. The number of nitrogens with two attached hydrogens (primary N) is 1. The molecule has 0 aromatic heterocycles. The summed E-state index contributed by atoms with van der Waals surface area (Å²) in [5.41, 5.74) is 6.72. The molecular formula is C13H19ClN2OS. The van der Waals surface area contributed by atoms with Crippen LogP contribution in [0.1, 0.15) is 24.9 Å². The molecule has 0 aliphatic carbocycles. The quantitative estimate of drug-likeness (QED) is 0.845. The van der Waals surface area contributed by atoms with Crippen LogP contribution in [0.4, 0.5) is 0 Å². The number of hydrogen-bond donors (Lipinski definition) is 2. The average Bonchev–Trinajstić information content (AvgIpc) is 2.36. The van der Waals surface area contributed by atoms with Crippen molar-refractivity contribution in [3.63, 3.8) is 0 Å². The average molecular weight is 287 g/mol. The third-order valence-corrected chi connectivity index (χ3v) is 3.69. The van der Waals surface area contributed by atoms with Crippen LogP contribution in [0.2, 0.25) is 5.02 Å². The van der Waals surface area contributed by atoms with Gasteiger partial charge in [-0.25, -0.2) is 0 Å². The van der Waals surface area contributed by atoms with Crippen LogP contribution in [0.15, 0.2) is 24.3 Å². The molecule has 0 radical (unpaired) electrons. The van der Waals surface area contributed by atoms with Crippen molar-refractivity contribution >= 4 is 29.3 Å². The van der Waals surface area contributed by atoms with Crippen molar-refractivity contribution in [2.24, 2.45) is 5.73 Å². The van der Waals surface area contributed by atoms with Gasteiger partial charge in [-0.2, -0.15) is 11.8 Å². The summed E-state index contributed by atoms with van der Waals surface area (Å²) < 4.78 is 0. The number of benzene rings is 1. The van der Waals surface area contributed by atoms with Crippen LogP contribution >= 0.6 is 23.4 Å². The molecule has 1 rings (SSSR count). The topological polar surface area (TPSA) is 55.1 Å².